The number of benzene rings is 2. The minimum Gasteiger partial charge on any atom is -0.418 e. The molecular weight excluding hydrogens is 257 g/mol. The molecule has 0 unspecified atom stereocenters. The van der Waals surface area contributed by atoms with Gasteiger partial charge in [-0.25, -0.2) is 4.57 Å². The first-order valence-electron chi connectivity index (χ1n) is 5.03. The van der Waals surface area contributed by atoms with Crippen molar-refractivity contribution in [2.75, 3.05) is 5.09 Å². The molecule has 0 aliphatic carbocycles. The molecule has 0 radical (unpaired) electrons. The molecule has 0 spiro atoms. The van der Waals surface area contributed by atoms with Crippen LogP contribution in [0.5, 0.6) is 5.75 Å². The third-order valence-electron chi connectivity index (χ3n) is 2.00. The van der Waals surface area contributed by atoms with E-state index in [1.165, 1.54) is 0 Å². The summed E-state index contributed by atoms with van der Waals surface area (Å²) in [5.41, 5.74) is 0.654. The fourth-order valence-corrected chi connectivity index (χ4v) is 2.73. The number of nitrogens with one attached hydrogen (secondary N) is 1. The highest BCUT2D eigenvalue weighted by atomic mass is 35.7. The summed E-state index contributed by atoms with van der Waals surface area (Å²) < 4.78 is 17.2. The van der Waals surface area contributed by atoms with Gasteiger partial charge in [0.05, 0.1) is 0 Å². The van der Waals surface area contributed by atoms with Gasteiger partial charge < -0.3 is 4.52 Å². The van der Waals surface area contributed by atoms with Gasteiger partial charge in [0.15, 0.2) is 0 Å². The van der Waals surface area contributed by atoms with Gasteiger partial charge >= 0.3 is 6.87 Å². The van der Waals surface area contributed by atoms with Crippen molar-refractivity contribution in [3.63, 3.8) is 0 Å². The molecule has 0 bridgehead atoms. The number of hydrogen-bond acceptors (Lipinski definition) is 2. The smallest absolute Gasteiger partial charge is 0.418 e. The molecule has 0 fully saturated rings. The summed E-state index contributed by atoms with van der Waals surface area (Å²) in [6.07, 6.45) is 0. The van der Waals surface area contributed by atoms with Gasteiger partial charge in [-0.05, 0) is 24.3 Å². The first-order valence-corrected chi connectivity index (χ1v) is 7.56. The summed E-state index contributed by atoms with van der Waals surface area (Å²) in [4.78, 5) is 0. The zero-order valence-electron chi connectivity index (χ0n) is 8.92. The van der Waals surface area contributed by atoms with Gasteiger partial charge in [0.2, 0.25) is 0 Å². The van der Waals surface area contributed by atoms with E-state index in [1.54, 1.807) is 36.4 Å². The van der Waals surface area contributed by atoms with E-state index in [-0.39, 0.29) is 0 Å². The second-order valence-electron chi connectivity index (χ2n) is 3.36. The van der Waals surface area contributed by atoms with E-state index >= 15 is 0 Å². The van der Waals surface area contributed by atoms with Gasteiger partial charge in [-0.15, -0.1) is 0 Å². The first kappa shape index (κ1) is 12.0. The first-order chi connectivity index (χ1) is 8.16. The average Bonchev–Trinajstić information content (AvgIpc) is 2.30. The normalized spacial score (nSPS) is 13.7. The molecule has 5 heteroatoms. The van der Waals surface area contributed by atoms with Crippen LogP contribution in [0, 0.1) is 0 Å². The Hall–Kier alpha value is -1.44. The van der Waals surface area contributed by atoms with Crippen LogP contribution in [0.3, 0.4) is 0 Å². The Kier molecular flexibility index (Phi) is 3.72. The van der Waals surface area contributed by atoms with Crippen LogP contribution in [0.4, 0.5) is 5.69 Å². The third kappa shape index (κ3) is 3.81. The standard InChI is InChI=1S/C12H11ClNO2P/c13-17(15,14-11-7-3-1-4-8-11)16-12-9-5-2-6-10-12/h1-10H,(H,14,15)/t17-/m1/s1. The van der Waals surface area contributed by atoms with Crippen molar-refractivity contribution in [1.82, 2.24) is 0 Å². The van der Waals surface area contributed by atoms with Gasteiger partial charge in [-0.2, -0.15) is 0 Å². The van der Waals surface area contributed by atoms with Crippen molar-refractivity contribution in [3.8, 4) is 5.75 Å². The molecule has 0 amide bonds. The lowest BCUT2D eigenvalue weighted by Crippen LogP contribution is -1.98. The maximum atomic E-state index is 12.0. The molecule has 17 heavy (non-hydrogen) atoms. The fourth-order valence-electron chi connectivity index (χ4n) is 1.31. The van der Waals surface area contributed by atoms with Crippen molar-refractivity contribution in [3.05, 3.63) is 60.7 Å². The van der Waals surface area contributed by atoms with Crippen molar-refractivity contribution in [2.24, 2.45) is 0 Å². The van der Waals surface area contributed by atoms with Crippen LogP contribution in [-0.2, 0) is 4.57 Å². The molecule has 3 nitrogen and oxygen atoms in total. The van der Waals surface area contributed by atoms with E-state index in [2.05, 4.69) is 5.09 Å². The minimum absolute atomic E-state index is 0.467. The van der Waals surface area contributed by atoms with Crippen LogP contribution >= 0.6 is 18.1 Å². The number of para-hydroxylation sites is 2. The highest BCUT2D eigenvalue weighted by Gasteiger charge is 2.20. The lowest BCUT2D eigenvalue weighted by atomic mass is 10.3. The maximum Gasteiger partial charge on any atom is 0.435 e. The zero-order chi connectivity index (χ0) is 12.1. The molecule has 88 valence electrons. The van der Waals surface area contributed by atoms with Gasteiger partial charge in [0, 0.05) is 16.9 Å². The maximum absolute atomic E-state index is 12.0. The van der Waals surface area contributed by atoms with Crippen LogP contribution in [0.2, 0.25) is 0 Å². The molecule has 2 aromatic carbocycles. The van der Waals surface area contributed by atoms with E-state index < -0.39 is 6.87 Å². The van der Waals surface area contributed by atoms with Gasteiger partial charge in [-0.1, -0.05) is 36.4 Å². The minimum atomic E-state index is -3.41. The summed E-state index contributed by atoms with van der Waals surface area (Å²) in [5.74, 6) is 0.467. The fraction of sp³-hybridized carbons (Fsp3) is 0. The van der Waals surface area contributed by atoms with Gasteiger partial charge in [0.25, 0.3) is 0 Å². The SMILES string of the molecule is O=[P@@](Cl)(Nc1ccccc1)Oc1ccccc1. The molecule has 0 aliphatic heterocycles. The third-order valence-corrected chi connectivity index (χ3v) is 3.43. The van der Waals surface area contributed by atoms with E-state index in [0.29, 0.717) is 11.4 Å². The summed E-state index contributed by atoms with van der Waals surface area (Å²) in [6, 6.07) is 17.8. The van der Waals surface area contributed by atoms with Crippen molar-refractivity contribution in [1.29, 1.82) is 0 Å². The van der Waals surface area contributed by atoms with E-state index in [9.17, 15) is 4.57 Å². The van der Waals surface area contributed by atoms with Crippen LogP contribution < -0.4 is 9.61 Å². The van der Waals surface area contributed by atoms with Crippen LogP contribution in [-0.4, -0.2) is 0 Å². The summed E-state index contributed by atoms with van der Waals surface area (Å²) in [7, 11) is 0. The number of halogens is 1. The molecule has 0 aliphatic rings. The lowest BCUT2D eigenvalue weighted by molar-refractivity contribution is 0.503. The van der Waals surface area contributed by atoms with E-state index in [1.807, 2.05) is 24.3 Å². The number of anilines is 1. The number of rotatable bonds is 4. The molecule has 2 aromatic rings. The van der Waals surface area contributed by atoms with E-state index in [4.69, 9.17) is 15.8 Å². The lowest BCUT2D eigenvalue weighted by Gasteiger charge is -2.14. The second-order valence-corrected chi connectivity index (χ2v) is 6.06. The molecule has 0 heterocycles. The van der Waals surface area contributed by atoms with Crippen molar-refractivity contribution < 1.29 is 9.09 Å². The van der Waals surface area contributed by atoms with Crippen molar-refractivity contribution >= 4 is 23.8 Å². The Morgan fingerprint density at radius 3 is 2.06 bits per heavy atom. The zero-order valence-corrected chi connectivity index (χ0v) is 10.6. The monoisotopic (exact) mass is 267 g/mol. The predicted octanol–water partition coefficient (Wildman–Crippen LogP) is 4.52. The van der Waals surface area contributed by atoms with E-state index in [0.717, 1.165) is 0 Å². The van der Waals surface area contributed by atoms with Crippen LogP contribution in [0.15, 0.2) is 60.7 Å². The summed E-state index contributed by atoms with van der Waals surface area (Å²) in [5, 5.41) is 2.67. The molecule has 1 N–H and O–H groups in total. The molecular formula is C12H11ClNO2P. The molecule has 2 rings (SSSR count). The van der Waals surface area contributed by atoms with Gasteiger partial charge in [-0.3, -0.25) is 5.09 Å². The highest BCUT2D eigenvalue weighted by Crippen LogP contribution is 2.51. The van der Waals surface area contributed by atoms with Gasteiger partial charge in [0.1, 0.15) is 5.75 Å². The molecule has 0 saturated carbocycles. The second kappa shape index (κ2) is 5.26. The topological polar surface area (TPSA) is 38.3 Å². The largest absolute Gasteiger partial charge is 0.435 e. The number of hydrogen-bond donors (Lipinski definition) is 1. The Morgan fingerprint density at radius 1 is 0.941 bits per heavy atom. The molecule has 0 saturated heterocycles. The van der Waals surface area contributed by atoms with Crippen LogP contribution in [0.25, 0.3) is 0 Å². The summed E-state index contributed by atoms with van der Waals surface area (Å²) in [6.45, 7) is -3.41. The quantitative estimate of drug-likeness (QED) is 0.828. The summed E-state index contributed by atoms with van der Waals surface area (Å²) >= 11 is 5.83. The highest BCUT2D eigenvalue weighted by molar-refractivity contribution is 7.86. The Bertz CT molecular complexity index is 473. The average molecular weight is 268 g/mol. The van der Waals surface area contributed by atoms with Crippen LogP contribution in [0.1, 0.15) is 0 Å². The predicted molar refractivity (Wildman–Crippen MR) is 70.6 cm³/mol. The van der Waals surface area contributed by atoms with Crippen molar-refractivity contribution in [2.45, 2.75) is 0 Å². The molecule has 1 atom stereocenters. The Morgan fingerprint density at radius 2 is 1.47 bits per heavy atom. The Labute approximate surface area is 105 Å². The Balaban J connectivity index is 2.07. The molecule has 0 aromatic heterocycles.